The fourth-order valence-corrected chi connectivity index (χ4v) is 2.96. The molecule has 0 bridgehead atoms. The second-order valence-corrected chi connectivity index (χ2v) is 6.16. The summed E-state index contributed by atoms with van der Waals surface area (Å²) in [6, 6.07) is 13.4. The number of furan rings is 1. The molecule has 1 aliphatic rings. The first-order valence-corrected chi connectivity index (χ1v) is 8.51. The number of nitrogens with zero attached hydrogens (tertiary/aromatic N) is 3. The molecule has 0 aliphatic carbocycles. The lowest BCUT2D eigenvalue weighted by atomic mass is 10.1. The number of urea groups is 1. The third-order valence-electron chi connectivity index (χ3n) is 4.36. The average Bonchev–Trinajstić information content (AvgIpc) is 3.06. The third-order valence-corrected chi connectivity index (χ3v) is 4.36. The Labute approximate surface area is 147 Å². The molecule has 0 unspecified atom stereocenters. The first-order chi connectivity index (χ1) is 12.2. The van der Waals surface area contributed by atoms with Crippen LogP contribution in [0.1, 0.15) is 23.3 Å². The summed E-state index contributed by atoms with van der Waals surface area (Å²) >= 11 is 0. The molecule has 3 rings (SSSR count). The highest BCUT2D eigenvalue weighted by molar-refractivity contribution is 5.74. The van der Waals surface area contributed by atoms with Gasteiger partial charge in [-0.1, -0.05) is 12.1 Å². The molecule has 25 heavy (non-hydrogen) atoms. The van der Waals surface area contributed by atoms with Gasteiger partial charge in [0.15, 0.2) is 0 Å². The molecule has 0 saturated carbocycles. The van der Waals surface area contributed by atoms with Crippen LogP contribution < -0.4 is 5.32 Å². The Morgan fingerprint density at radius 2 is 2.00 bits per heavy atom. The minimum absolute atomic E-state index is 0.0448. The van der Waals surface area contributed by atoms with Crippen LogP contribution in [0.4, 0.5) is 4.79 Å². The lowest BCUT2D eigenvalue weighted by molar-refractivity contribution is 0.196. The maximum Gasteiger partial charge on any atom is 0.317 e. The number of carbonyl (C=O) groups is 1. The lowest BCUT2D eigenvalue weighted by Crippen LogP contribution is -2.41. The van der Waals surface area contributed by atoms with E-state index in [2.05, 4.69) is 16.3 Å². The highest BCUT2D eigenvalue weighted by Gasteiger charge is 2.19. The van der Waals surface area contributed by atoms with Gasteiger partial charge in [-0.3, -0.25) is 4.90 Å². The summed E-state index contributed by atoms with van der Waals surface area (Å²) in [6.45, 7) is 4.52. The quantitative estimate of drug-likeness (QED) is 0.930. The Balaban J connectivity index is 1.47. The van der Waals surface area contributed by atoms with Crippen molar-refractivity contribution < 1.29 is 9.21 Å². The van der Waals surface area contributed by atoms with Crippen LogP contribution >= 0.6 is 0 Å². The van der Waals surface area contributed by atoms with Gasteiger partial charge in [-0.05, 0) is 36.2 Å². The van der Waals surface area contributed by atoms with Gasteiger partial charge in [-0.25, -0.2) is 4.79 Å². The van der Waals surface area contributed by atoms with Gasteiger partial charge in [0.1, 0.15) is 5.76 Å². The Morgan fingerprint density at radius 1 is 1.16 bits per heavy atom. The number of benzene rings is 1. The second-order valence-electron chi connectivity index (χ2n) is 6.16. The monoisotopic (exact) mass is 338 g/mol. The molecular weight excluding hydrogens is 316 g/mol. The fraction of sp³-hybridized carbons (Fsp3) is 0.368. The molecule has 1 fully saturated rings. The SMILES string of the molecule is N#Cc1ccc(CN2CCCN(C(=O)NCc3ccco3)CC2)cc1. The minimum atomic E-state index is -0.0448. The Morgan fingerprint density at radius 3 is 2.72 bits per heavy atom. The van der Waals surface area contributed by atoms with Gasteiger partial charge in [-0.15, -0.1) is 0 Å². The maximum atomic E-state index is 12.3. The number of carbonyl (C=O) groups excluding carboxylic acids is 1. The van der Waals surface area contributed by atoms with Crippen molar-refractivity contribution in [3.8, 4) is 6.07 Å². The zero-order valence-electron chi connectivity index (χ0n) is 14.1. The van der Waals surface area contributed by atoms with Crippen molar-refractivity contribution in [2.75, 3.05) is 26.2 Å². The van der Waals surface area contributed by atoms with Crippen molar-refractivity contribution in [2.45, 2.75) is 19.5 Å². The molecule has 2 heterocycles. The van der Waals surface area contributed by atoms with E-state index in [1.54, 1.807) is 6.26 Å². The second kappa shape index (κ2) is 8.36. The van der Waals surface area contributed by atoms with Crippen LogP contribution in [-0.4, -0.2) is 42.0 Å². The number of hydrogen-bond donors (Lipinski definition) is 1. The standard InChI is InChI=1S/C19H22N4O2/c20-13-16-4-6-17(7-5-16)15-22-8-2-9-23(11-10-22)19(24)21-14-18-3-1-12-25-18/h1,3-7,12H,2,8-11,14-15H2,(H,21,24). The predicted molar refractivity (Wildman–Crippen MR) is 93.6 cm³/mol. The zero-order valence-corrected chi connectivity index (χ0v) is 14.1. The Bertz CT molecular complexity index is 719. The van der Waals surface area contributed by atoms with Gasteiger partial charge in [-0.2, -0.15) is 5.26 Å². The molecule has 2 aromatic rings. The van der Waals surface area contributed by atoms with Crippen molar-refractivity contribution in [1.29, 1.82) is 5.26 Å². The van der Waals surface area contributed by atoms with Gasteiger partial charge in [0, 0.05) is 32.7 Å². The van der Waals surface area contributed by atoms with E-state index in [0.29, 0.717) is 18.7 Å². The lowest BCUT2D eigenvalue weighted by Gasteiger charge is -2.22. The fourth-order valence-electron chi connectivity index (χ4n) is 2.96. The molecule has 1 N–H and O–H groups in total. The Hall–Kier alpha value is -2.78. The molecule has 1 aromatic heterocycles. The molecule has 0 atom stereocenters. The summed E-state index contributed by atoms with van der Waals surface area (Å²) in [5, 5.41) is 11.8. The van der Waals surface area contributed by atoms with Crippen molar-refractivity contribution in [1.82, 2.24) is 15.1 Å². The van der Waals surface area contributed by atoms with Gasteiger partial charge in [0.2, 0.25) is 0 Å². The average molecular weight is 338 g/mol. The van der Waals surface area contributed by atoms with Crippen molar-refractivity contribution in [2.24, 2.45) is 0 Å². The normalized spacial score (nSPS) is 15.4. The summed E-state index contributed by atoms with van der Waals surface area (Å²) in [7, 11) is 0. The van der Waals surface area contributed by atoms with E-state index >= 15 is 0 Å². The molecule has 1 aromatic carbocycles. The van der Waals surface area contributed by atoms with Crippen LogP contribution in [0, 0.1) is 11.3 Å². The van der Waals surface area contributed by atoms with E-state index in [1.807, 2.05) is 41.3 Å². The number of amides is 2. The van der Waals surface area contributed by atoms with E-state index in [-0.39, 0.29) is 6.03 Å². The van der Waals surface area contributed by atoms with Crippen LogP contribution in [-0.2, 0) is 13.1 Å². The van der Waals surface area contributed by atoms with Crippen LogP contribution in [0.25, 0.3) is 0 Å². The number of hydrogen-bond acceptors (Lipinski definition) is 4. The summed E-state index contributed by atoms with van der Waals surface area (Å²) in [5.41, 5.74) is 1.87. The molecular formula is C19H22N4O2. The maximum absolute atomic E-state index is 12.3. The predicted octanol–water partition coefficient (Wildman–Crippen LogP) is 2.57. The van der Waals surface area contributed by atoms with Gasteiger partial charge < -0.3 is 14.6 Å². The summed E-state index contributed by atoms with van der Waals surface area (Å²) in [4.78, 5) is 16.5. The molecule has 130 valence electrons. The molecule has 6 nitrogen and oxygen atoms in total. The van der Waals surface area contributed by atoms with Crippen molar-refractivity contribution in [3.63, 3.8) is 0 Å². The topological polar surface area (TPSA) is 72.5 Å². The Kier molecular flexibility index (Phi) is 5.70. The molecule has 2 amide bonds. The molecule has 6 heteroatoms. The highest BCUT2D eigenvalue weighted by atomic mass is 16.3. The molecule has 1 aliphatic heterocycles. The van der Waals surface area contributed by atoms with Crippen molar-refractivity contribution in [3.05, 3.63) is 59.5 Å². The smallest absolute Gasteiger partial charge is 0.317 e. The van der Waals surface area contributed by atoms with E-state index in [9.17, 15) is 4.79 Å². The summed E-state index contributed by atoms with van der Waals surface area (Å²) in [6.07, 6.45) is 2.55. The van der Waals surface area contributed by atoms with Gasteiger partial charge in [0.25, 0.3) is 0 Å². The van der Waals surface area contributed by atoms with Crippen molar-refractivity contribution >= 4 is 6.03 Å². The summed E-state index contributed by atoms with van der Waals surface area (Å²) < 4.78 is 5.23. The van der Waals surface area contributed by atoms with Crippen LogP contribution in [0.5, 0.6) is 0 Å². The third kappa shape index (κ3) is 4.85. The largest absolute Gasteiger partial charge is 0.467 e. The van der Waals surface area contributed by atoms with E-state index in [0.717, 1.165) is 38.4 Å². The molecule has 0 spiro atoms. The number of nitrogens with one attached hydrogen (secondary N) is 1. The van der Waals surface area contributed by atoms with Gasteiger partial charge in [0.05, 0.1) is 24.4 Å². The number of rotatable bonds is 4. The van der Waals surface area contributed by atoms with Gasteiger partial charge >= 0.3 is 6.03 Å². The first kappa shape index (κ1) is 17.1. The summed E-state index contributed by atoms with van der Waals surface area (Å²) in [5.74, 6) is 0.755. The zero-order chi connectivity index (χ0) is 17.5. The van der Waals surface area contributed by atoms with E-state index in [4.69, 9.17) is 9.68 Å². The van der Waals surface area contributed by atoms with Crippen LogP contribution in [0.3, 0.4) is 0 Å². The number of nitriles is 1. The molecule has 1 saturated heterocycles. The van der Waals surface area contributed by atoms with Crippen LogP contribution in [0.15, 0.2) is 47.1 Å². The minimum Gasteiger partial charge on any atom is -0.467 e. The van der Waals surface area contributed by atoms with E-state index in [1.165, 1.54) is 5.56 Å². The van der Waals surface area contributed by atoms with Crippen LogP contribution in [0.2, 0.25) is 0 Å². The first-order valence-electron chi connectivity index (χ1n) is 8.51. The highest BCUT2D eigenvalue weighted by Crippen LogP contribution is 2.10. The van der Waals surface area contributed by atoms with E-state index < -0.39 is 0 Å². The molecule has 0 radical (unpaired) electrons.